The number of benzene rings is 1. The predicted molar refractivity (Wildman–Crippen MR) is 86.8 cm³/mol. The Morgan fingerprint density at radius 1 is 1.00 bits per heavy atom. The SMILES string of the molecule is Cc1ccc(NC(=O)Nc2ccc(C(C)(C)C)cc2)nc1. The van der Waals surface area contributed by atoms with Crippen molar-refractivity contribution in [2.24, 2.45) is 0 Å². The number of amides is 2. The van der Waals surface area contributed by atoms with Gasteiger partial charge in [0.15, 0.2) is 0 Å². The molecular weight excluding hydrogens is 262 g/mol. The average Bonchev–Trinajstić information content (AvgIpc) is 2.41. The number of pyridine rings is 1. The molecule has 0 aliphatic carbocycles. The van der Waals surface area contributed by atoms with Gasteiger partial charge < -0.3 is 5.32 Å². The zero-order valence-corrected chi connectivity index (χ0v) is 12.9. The van der Waals surface area contributed by atoms with E-state index in [1.807, 2.05) is 37.3 Å². The normalized spacial score (nSPS) is 11.0. The number of hydrogen-bond acceptors (Lipinski definition) is 2. The average molecular weight is 283 g/mol. The summed E-state index contributed by atoms with van der Waals surface area (Å²) in [6.45, 7) is 8.43. The fraction of sp³-hybridized carbons (Fsp3) is 0.294. The Balaban J connectivity index is 1.98. The highest BCUT2D eigenvalue weighted by Gasteiger charge is 2.13. The van der Waals surface area contributed by atoms with Crippen LogP contribution in [-0.4, -0.2) is 11.0 Å². The van der Waals surface area contributed by atoms with Crippen molar-refractivity contribution in [1.82, 2.24) is 4.98 Å². The highest BCUT2D eigenvalue weighted by Crippen LogP contribution is 2.23. The van der Waals surface area contributed by atoms with Crippen LogP contribution in [0.1, 0.15) is 31.9 Å². The molecule has 4 heteroatoms. The van der Waals surface area contributed by atoms with E-state index in [-0.39, 0.29) is 11.4 Å². The summed E-state index contributed by atoms with van der Waals surface area (Å²) in [7, 11) is 0. The van der Waals surface area contributed by atoms with Gasteiger partial charge in [0, 0.05) is 11.9 Å². The lowest BCUT2D eigenvalue weighted by Crippen LogP contribution is -2.20. The number of hydrogen-bond donors (Lipinski definition) is 2. The lowest BCUT2D eigenvalue weighted by Gasteiger charge is -2.19. The Hall–Kier alpha value is -2.36. The van der Waals surface area contributed by atoms with E-state index in [0.29, 0.717) is 5.82 Å². The molecule has 0 unspecified atom stereocenters. The van der Waals surface area contributed by atoms with Crippen LogP contribution in [0, 0.1) is 6.92 Å². The summed E-state index contributed by atoms with van der Waals surface area (Å²) in [5.74, 6) is 0.532. The molecule has 0 spiro atoms. The van der Waals surface area contributed by atoms with E-state index in [0.717, 1.165) is 11.3 Å². The molecule has 21 heavy (non-hydrogen) atoms. The molecule has 2 rings (SSSR count). The maximum atomic E-state index is 11.9. The Morgan fingerprint density at radius 3 is 2.19 bits per heavy atom. The molecular formula is C17H21N3O. The van der Waals surface area contributed by atoms with Gasteiger partial charge in [0.1, 0.15) is 5.82 Å². The van der Waals surface area contributed by atoms with E-state index < -0.39 is 0 Å². The molecule has 0 bridgehead atoms. The van der Waals surface area contributed by atoms with E-state index in [1.54, 1.807) is 12.3 Å². The second kappa shape index (κ2) is 5.95. The number of rotatable bonds is 2. The summed E-state index contributed by atoms with van der Waals surface area (Å²) in [4.78, 5) is 16.0. The molecule has 0 saturated heterocycles. The number of anilines is 2. The smallest absolute Gasteiger partial charge is 0.308 e. The molecule has 0 saturated carbocycles. The molecule has 0 atom stereocenters. The van der Waals surface area contributed by atoms with Crippen LogP contribution in [0.25, 0.3) is 0 Å². The van der Waals surface area contributed by atoms with Crippen LogP contribution in [0.15, 0.2) is 42.6 Å². The first-order valence-electron chi connectivity index (χ1n) is 6.96. The third-order valence-corrected chi connectivity index (χ3v) is 3.16. The van der Waals surface area contributed by atoms with Gasteiger partial charge in [-0.1, -0.05) is 39.0 Å². The van der Waals surface area contributed by atoms with Crippen LogP contribution in [0.5, 0.6) is 0 Å². The fourth-order valence-corrected chi connectivity index (χ4v) is 1.87. The molecule has 110 valence electrons. The second-order valence-corrected chi connectivity index (χ2v) is 6.13. The van der Waals surface area contributed by atoms with Gasteiger partial charge in [-0.25, -0.2) is 9.78 Å². The highest BCUT2D eigenvalue weighted by atomic mass is 16.2. The highest BCUT2D eigenvalue weighted by molar-refractivity contribution is 5.99. The van der Waals surface area contributed by atoms with E-state index >= 15 is 0 Å². The van der Waals surface area contributed by atoms with Crippen molar-refractivity contribution in [2.75, 3.05) is 10.6 Å². The van der Waals surface area contributed by atoms with Gasteiger partial charge in [0.2, 0.25) is 0 Å². The molecule has 2 amide bonds. The number of nitrogens with zero attached hydrogens (tertiary/aromatic N) is 1. The number of carbonyl (C=O) groups is 1. The summed E-state index contributed by atoms with van der Waals surface area (Å²) < 4.78 is 0. The lowest BCUT2D eigenvalue weighted by atomic mass is 9.87. The molecule has 0 radical (unpaired) electrons. The first kappa shape index (κ1) is 15.0. The second-order valence-electron chi connectivity index (χ2n) is 6.13. The van der Waals surface area contributed by atoms with Crippen molar-refractivity contribution >= 4 is 17.5 Å². The van der Waals surface area contributed by atoms with Gasteiger partial charge in [-0.05, 0) is 41.7 Å². The summed E-state index contributed by atoms with van der Waals surface area (Å²) in [6, 6.07) is 11.2. The summed E-state index contributed by atoms with van der Waals surface area (Å²) in [6.07, 6.45) is 1.72. The third kappa shape index (κ3) is 4.31. The van der Waals surface area contributed by atoms with Crippen LogP contribution >= 0.6 is 0 Å². The van der Waals surface area contributed by atoms with E-state index in [4.69, 9.17) is 0 Å². The molecule has 0 aliphatic heterocycles. The summed E-state index contributed by atoms with van der Waals surface area (Å²) >= 11 is 0. The maximum absolute atomic E-state index is 11.9. The van der Waals surface area contributed by atoms with Crippen LogP contribution in [0.3, 0.4) is 0 Å². The first-order valence-corrected chi connectivity index (χ1v) is 6.96. The minimum atomic E-state index is -0.296. The van der Waals surface area contributed by atoms with Crippen molar-refractivity contribution in [2.45, 2.75) is 33.1 Å². The largest absolute Gasteiger partial charge is 0.324 e. The van der Waals surface area contributed by atoms with Crippen LogP contribution in [-0.2, 0) is 5.41 Å². The zero-order valence-electron chi connectivity index (χ0n) is 12.9. The van der Waals surface area contributed by atoms with Gasteiger partial charge in [-0.2, -0.15) is 0 Å². The van der Waals surface area contributed by atoms with Crippen LogP contribution in [0.2, 0.25) is 0 Å². The number of aromatic nitrogens is 1. The van der Waals surface area contributed by atoms with Gasteiger partial charge in [-0.15, -0.1) is 0 Å². The van der Waals surface area contributed by atoms with Crippen molar-refractivity contribution < 1.29 is 4.79 Å². The van der Waals surface area contributed by atoms with Crippen molar-refractivity contribution in [1.29, 1.82) is 0 Å². The predicted octanol–water partition coefficient (Wildman–Crippen LogP) is 4.33. The number of nitrogens with one attached hydrogen (secondary N) is 2. The summed E-state index contributed by atoms with van der Waals surface area (Å²) in [5.41, 5.74) is 3.15. The molecule has 2 N–H and O–H groups in total. The quantitative estimate of drug-likeness (QED) is 0.861. The van der Waals surface area contributed by atoms with Gasteiger partial charge in [0.25, 0.3) is 0 Å². The molecule has 1 heterocycles. The van der Waals surface area contributed by atoms with Crippen molar-refractivity contribution in [3.05, 3.63) is 53.7 Å². The van der Waals surface area contributed by atoms with Gasteiger partial charge in [0.05, 0.1) is 0 Å². The Bertz CT molecular complexity index is 610. The lowest BCUT2D eigenvalue weighted by molar-refractivity contribution is 0.262. The summed E-state index contributed by atoms with van der Waals surface area (Å²) in [5, 5.41) is 5.49. The van der Waals surface area contributed by atoms with Crippen LogP contribution in [0.4, 0.5) is 16.3 Å². The van der Waals surface area contributed by atoms with Crippen molar-refractivity contribution in [3.8, 4) is 0 Å². The Kier molecular flexibility index (Phi) is 4.26. The van der Waals surface area contributed by atoms with Gasteiger partial charge in [-0.3, -0.25) is 5.32 Å². The standard InChI is InChI=1S/C17H21N3O/c1-12-5-10-15(18-11-12)20-16(21)19-14-8-6-13(7-9-14)17(2,3)4/h5-11H,1-4H3,(H2,18,19,20,21). The fourth-order valence-electron chi connectivity index (χ4n) is 1.87. The van der Waals surface area contributed by atoms with Gasteiger partial charge >= 0.3 is 6.03 Å². The number of urea groups is 1. The minimum absolute atomic E-state index is 0.104. The third-order valence-electron chi connectivity index (χ3n) is 3.16. The van der Waals surface area contributed by atoms with Crippen molar-refractivity contribution in [3.63, 3.8) is 0 Å². The monoisotopic (exact) mass is 283 g/mol. The molecule has 4 nitrogen and oxygen atoms in total. The zero-order chi connectivity index (χ0) is 15.5. The Morgan fingerprint density at radius 2 is 1.67 bits per heavy atom. The maximum Gasteiger partial charge on any atom is 0.324 e. The first-order chi connectivity index (χ1) is 9.84. The van der Waals surface area contributed by atoms with Crippen LogP contribution < -0.4 is 10.6 Å². The topological polar surface area (TPSA) is 54.0 Å². The van der Waals surface area contributed by atoms with E-state index in [2.05, 4.69) is 36.4 Å². The number of carbonyl (C=O) groups excluding carboxylic acids is 1. The molecule has 0 aliphatic rings. The molecule has 0 fully saturated rings. The minimum Gasteiger partial charge on any atom is -0.308 e. The van der Waals surface area contributed by atoms with E-state index in [1.165, 1.54) is 5.56 Å². The molecule has 1 aromatic carbocycles. The Labute approximate surface area is 125 Å². The molecule has 2 aromatic rings. The van der Waals surface area contributed by atoms with E-state index in [9.17, 15) is 4.79 Å². The number of aryl methyl sites for hydroxylation is 1. The molecule has 1 aromatic heterocycles.